The SMILES string of the molecule is CC.CC.CC.CC.CC.CC.CC(=O)CS(C)(=O)=O.CC(C)(C)C.CC(C)=O.CC(C)C.CCC.CCC(=O)CC.CCC(=O)OC.CCC(C)=O.CCS(C)(=O)=O.CN(C)C.COC.COC(C)=O.COS(C)(=O)=O.CSC.Cc1ccccc1.Cc1ccccc1.Cc1ccccc1. The van der Waals surface area contributed by atoms with Crippen molar-refractivity contribution in [3.05, 3.63) is 108 Å². The van der Waals surface area contributed by atoms with Gasteiger partial charge in [0.15, 0.2) is 9.84 Å². The van der Waals surface area contributed by atoms with Gasteiger partial charge in [-0.3, -0.25) is 23.4 Å². The molecule has 0 spiro atoms. The quantitative estimate of drug-likeness (QED) is 0.150. The summed E-state index contributed by atoms with van der Waals surface area (Å²) in [6, 6.07) is 30.8. The van der Waals surface area contributed by atoms with Crippen LogP contribution in [0.15, 0.2) is 91.0 Å². The monoisotopic (exact) mass is 1530 g/mol. The molecule has 0 atom stereocenters. The number of methoxy groups -OCH3 is 3. The molecule has 3 aromatic carbocycles. The van der Waals surface area contributed by atoms with Gasteiger partial charge in [0.05, 0.1) is 27.6 Å². The lowest BCUT2D eigenvalue weighted by molar-refractivity contribution is -0.140. The van der Waals surface area contributed by atoms with Gasteiger partial charge in [0.25, 0.3) is 10.1 Å². The lowest BCUT2D eigenvalue weighted by Gasteiger charge is -2.05. The van der Waals surface area contributed by atoms with Gasteiger partial charge in [-0.15, -0.1) is 0 Å². The van der Waals surface area contributed by atoms with Crippen molar-refractivity contribution < 1.29 is 72.4 Å². The normalized spacial score (nSPS) is 8.21. The Kier molecular flexibility index (Phi) is 201. The van der Waals surface area contributed by atoms with Crippen LogP contribution in [-0.2, 0) is 77.0 Å². The van der Waals surface area contributed by atoms with Crippen LogP contribution in [0.4, 0.5) is 0 Å². The van der Waals surface area contributed by atoms with Crippen LogP contribution in [0.25, 0.3) is 0 Å². The molecule has 0 aliphatic heterocycles. The summed E-state index contributed by atoms with van der Waals surface area (Å²) < 4.78 is 76.5. The van der Waals surface area contributed by atoms with E-state index in [2.05, 4.69) is 138 Å². The number of ketones is 4. The van der Waals surface area contributed by atoms with Crippen LogP contribution in [0.5, 0.6) is 0 Å². The van der Waals surface area contributed by atoms with Gasteiger partial charge in [-0.2, -0.15) is 20.2 Å². The molecular formula is C80H171NO16S4. The summed E-state index contributed by atoms with van der Waals surface area (Å²) in [6.45, 7) is 66.0. The molecular weight excluding hydrogens is 1360 g/mol. The number of thioether (sulfide) groups is 1. The van der Waals surface area contributed by atoms with Crippen LogP contribution in [0.1, 0.15) is 263 Å². The Bertz CT molecular complexity index is 2070. The van der Waals surface area contributed by atoms with Crippen LogP contribution in [-0.4, -0.2) is 165 Å². The van der Waals surface area contributed by atoms with E-state index in [0.717, 1.165) is 25.5 Å². The smallest absolute Gasteiger partial charge is 0.305 e. The summed E-state index contributed by atoms with van der Waals surface area (Å²) in [5, 5.41) is 0. The third kappa shape index (κ3) is 463. The molecule has 0 bridgehead atoms. The van der Waals surface area contributed by atoms with Crippen molar-refractivity contribution in [2.75, 3.05) is 99.5 Å². The number of ether oxygens (including phenoxy) is 3. The molecule has 0 fully saturated rings. The second-order valence-electron chi connectivity index (χ2n) is 21.3. The largest absolute Gasteiger partial charge is 0.469 e. The molecule has 0 amide bonds. The average Bonchev–Trinajstić information content (AvgIpc) is 2.04. The molecule has 0 saturated heterocycles. The molecule has 101 heavy (non-hydrogen) atoms. The number of carbonyl (C=O) groups is 6. The second-order valence-corrected chi connectivity index (χ2v) is 28.4. The van der Waals surface area contributed by atoms with Crippen molar-refractivity contribution in [3.8, 4) is 0 Å². The van der Waals surface area contributed by atoms with Crippen molar-refractivity contribution in [2.45, 2.75) is 268 Å². The van der Waals surface area contributed by atoms with Gasteiger partial charge in [0.1, 0.15) is 38.7 Å². The Balaban J connectivity index is -0.0000000382. The van der Waals surface area contributed by atoms with E-state index in [1.54, 1.807) is 46.8 Å². The van der Waals surface area contributed by atoms with Crippen molar-refractivity contribution in [1.29, 1.82) is 0 Å². The summed E-state index contributed by atoms with van der Waals surface area (Å²) >= 11 is 1.75. The maximum Gasteiger partial charge on any atom is 0.305 e. The van der Waals surface area contributed by atoms with E-state index in [4.69, 9.17) is 0 Å². The Morgan fingerprint density at radius 1 is 0.446 bits per heavy atom. The molecule has 0 N–H and O–H groups in total. The molecule has 0 aromatic heterocycles. The number of carbonyl (C=O) groups excluding carboxylic acids is 6. The van der Waals surface area contributed by atoms with Crippen LogP contribution in [0.3, 0.4) is 0 Å². The molecule has 0 saturated carbocycles. The molecule has 0 radical (unpaired) electrons. The van der Waals surface area contributed by atoms with Crippen molar-refractivity contribution >= 4 is 76.6 Å². The molecule has 3 aromatic rings. The van der Waals surface area contributed by atoms with Gasteiger partial charge in [0.2, 0.25) is 0 Å². The summed E-state index contributed by atoms with van der Waals surface area (Å²) in [5.41, 5.74) is 4.47. The number of nitrogens with zero attached hydrogens (tertiary/aromatic N) is 1. The first-order valence-corrected chi connectivity index (χ1v) is 42.6. The van der Waals surface area contributed by atoms with Gasteiger partial charge >= 0.3 is 11.9 Å². The van der Waals surface area contributed by atoms with Gasteiger partial charge in [-0.05, 0) is 93.5 Å². The molecule has 0 aliphatic carbocycles. The van der Waals surface area contributed by atoms with E-state index >= 15 is 0 Å². The van der Waals surface area contributed by atoms with Crippen LogP contribution in [0, 0.1) is 32.1 Å². The highest BCUT2D eigenvalue weighted by atomic mass is 32.2. The second kappa shape index (κ2) is 135. The van der Waals surface area contributed by atoms with E-state index in [0.29, 0.717) is 36.9 Å². The Morgan fingerprint density at radius 2 is 0.604 bits per heavy atom. The van der Waals surface area contributed by atoms with Gasteiger partial charge in [-0.1, -0.05) is 294 Å². The van der Waals surface area contributed by atoms with E-state index in [1.165, 1.54) is 71.3 Å². The van der Waals surface area contributed by atoms with Gasteiger partial charge in [0, 0.05) is 65.1 Å². The van der Waals surface area contributed by atoms with Gasteiger partial charge < -0.3 is 28.7 Å². The Morgan fingerprint density at radius 3 is 0.624 bits per heavy atom. The lowest BCUT2D eigenvalue weighted by atomic mass is 10.0. The minimum atomic E-state index is -3.16. The minimum Gasteiger partial charge on any atom is -0.469 e. The molecule has 0 unspecified atom stereocenters. The molecule has 3 rings (SSSR count). The summed E-state index contributed by atoms with van der Waals surface area (Å²) in [4.78, 5) is 61.1. The van der Waals surface area contributed by atoms with Crippen LogP contribution < -0.4 is 0 Å². The summed E-state index contributed by atoms with van der Waals surface area (Å²) in [5.74, 6) is 0.785. The first-order valence-electron chi connectivity index (χ1n) is 35.0. The number of esters is 2. The highest BCUT2D eigenvalue weighted by molar-refractivity contribution is 7.97. The number of hydrogen-bond acceptors (Lipinski definition) is 18. The first kappa shape index (κ1) is 150. The zero-order chi connectivity index (χ0) is 86.4. The fourth-order valence-corrected chi connectivity index (χ4v) is 3.11. The van der Waals surface area contributed by atoms with Crippen LogP contribution >= 0.6 is 11.8 Å². The number of rotatable bonds is 8. The summed E-state index contributed by atoms with van der Waals surface area (Å²) in [6.07, 6.45) is 11.1. The maximum atomic E-state index is 10.2. The highest BCUT2D eigenvalue weighted by Gasteiger charge is 2.04. The van der Waals surface area contributed by atoms with E-state index in [9.17, 15) is 54.0 Å². The fraction of sp³-hybridized carbons (Fsp3) is 0.700. The maximum absolute atomic E-state index is 10.2. The Labute approximate surface area is 636 Å². The fourth-order valence-electron chi connectivity index (χ4n) is 2.37. The van der Waals surface area contributed by atoms with E-state index in [-0.39, 0.29) is 40.8 Å². The number of benzene rings is 3. The first-order chi connectivity index (χ1) is 46.3. The lowest BCUT2D eigenvalue weighted by Crippen LogP contribution is -2.10. The van der Waals surface area contributed by atoms with Crippen molar-refractivity contribution in [3.63, 3.8) is 0 Å². The van der Waals surface area contributed by atoms with Crippen LogP contribution in [0.2, 0.25) is 0 Å². The zero-order valence-corrected chi connectivity index (χ0v) is 78.1. The van der Waals surface area contributed by atoms with Crippen molar-refractivity contribution in [2.24, 2.45) is 11.3 Å². The molecule has 616 valence electrons. The highest BCUT2D eigenvalue weighted by Crippen LogP contribution is 2.08. The molecule has 0 heterocycles. The van der Waals surface area contributed by atoms with Gasteiger partial charge in [-0.25, -0.2) is 16.8 Å². The average molecular weight is 1530 g/mol. The minimum absolute atomic E-state index is 0.157. The third-order valence-electron chi connectivity index (χ3n) is 6.20. The predicted molar refractivity (Wildman–Crippen MR) is 456 cm³/mol. The summed E-state index contributed by atoms with van der Waals surface area (Å²) in [7, 11) is 4.20. The molecule has 17 nitrogen and oxygen atoms in total. The third-order valence-corrected chi connectivity index (χ3v) is 8.79. The molecule has 21 heteroatoms. The zero-order valence-electron chi connectivity index (χ0n) is 74.8. The number of Topliss-reactive ketones (excluding diaryl/α,β-unsaturated/α-hetero) is 4. The Hall–Kier alpha value is -4.64. The topological polar surface area (TPSA) is 245 Å². The van der Waals surface area contributed by atoms with E-state index < -0.39 is 29.8 Å². The van der Waals surface area contributed by atoms with E-state index in [1.807, 2.05) is 197 Å². The molecule has 0 aliphatic rings. The number of sulfone groups is 2. The predicted octanol–water partition coefficient (Wildman–Crippen LogP) is 21.7. The standard InChI is InChI=1S/3C7H8.C5H10O.C5H12.C4H8O3S.C4H8O2.C4H8O.C4H10.C3H9N.C3H8O2S.C3H6O2.C3H6O.C3H8.C2H6O3S.C2H6O.C2H6S.6C2H6/c3*1-7-5-3-2-4-6-7;1-3-5(6)4-2;1-5(2,3)4;1-4(5)3-8(2,6)7;1-3-4(5)6-2;1-3-4(2)5;2*1-4(2)3;1-3-6(2,4)5;1-3(4)5-2;1-3(2)4;1-3-2;1-5-6(2,3)4;2*1-3-2;6*1-2/h3*2-6H,1H3;3-4H2,1-2H3;1-4H3;3H2,1-2H3;3H2,1-2H3;3H2,1-2H3;4H,1-3H3;1-3H3;3H2,1-2H3;1-2H3;1-2H3;3H2,1-2H3;1-2H3;2*1-2H3;6*1-2H3. The number of hydrogen-bond donors (Lipinski definition) is 0. The number of aryl methyl sites for hydroxylation is 3. The van der Waals surface area contributed by atoms with Crippen molar-refractivity contribution in [1.82, 2.24) is 4.90 Å².